The van der Waals surface area contributed by atoms with Gasteiger partial charge in [0.05, 0.1) is 12.3 Å². The van der Waals surface area contributed by atoms with E-state index in [4.69, 9.17) is 9.47 Å². The summed E-state index contributed by atoms with van der Waals surface area (Å²) in [5.74, 6) is 0.737. The van der Waals surface area contributed by atoms with Crippen LogP contribution in [0.1, 0.15) is 57.0 Å². The Morgan fingerprint density at radius 2 is 1.84 bits per heavy atom. The second-order valence-corrected chi connectivity index (χ2v) is 12.5. The molecule has 0 fully saturated rings. The number of carbonyl (C=O) groups excluding carboxylic acids is 2. The fraction of sp³-hybridized carbons (Fsp3) is 0.371. The molecule has 3 N–H and O–H groups in total. The first kappa shape index (κ1) is 30.2. The van der Waals surface area contributed by atoms with Crippen LogP contribution in [0.4, 0.5) is 15.3 Å². The normalized spacial score (nSPS) is 14.6. The summed E-state index contributed by atoms with van der Waals surface area (Å²) in [6.07, 6.45) is 7.99. The molecule has 0 radical (unpaired) electrons. The highest BCUT2D eigenvalue weighted by Gasteiger charge is 2.24. The van der Waals surface area contributed by atoms with Crippen molar-refractivity contribution in [2.45, 2.75) is 58.5 Å². The Morgan fingerprint density at radius 3 is 2.64 bits per heavy atom. The van der Waals surface area contributed by atoms with Gasteiger partial charge in [-0.05, 0) is 99.4 Å². The lowest BCUT2D eigenvalue weighted by atomic mass is 10.00. The number of amides is 3. The van der Waals surface area contributed by atoms with Crippen molar-refractivity contribution in [2.24, 2.45) is 0 Å². The van der Waals surface area contributed by atoms with Crippen LogP contribution in [0.5, 0.6) is 5.75 Å². The molecule has 10 nitrogen and oxygen atoms in total. The van der Waals surface area contributed by atoms with Crippen LogP contribution in [0.3, 0.4) is 0 Å². The third kappa shape index (κ3) is 7.28. The molecule has 0 saturated heterocycles. The number of nitrogens with zero attached hydrogens (tertiary/aromatic N) is 3. The molecule has 1 aliphatic heterocycles. The van der Waals surface area contributed by atoms with E-state index >= 15 is 0 Å². The quantitative estimate of drug-likeness (QED) is 0.191. The minimum absolute atomic E-state index is 0.130. The Bertz CT molecular complexity index is 1740. The Labute approximate surface area is 263 Å². The van der Waals surface area contributed by atoms with Crippen molar-refractivity contribution in [3.63, 3.8) is 0 Å². The molecular weight excluding hydrogens is 568 g/mol. The number of carbonyl (C=O) groups is 2. The number of anilines is 1. The van der Waals surface area contributed by atoms with Crippen molar-refractivity contribution >= 4 is 34.4 Å². The van der Waals surface area contributed by atoms with Crippen LogP contribution < -0.4 is 15.4 Å². The number of alkyl carbamates (subject to hydrolysis) is 1. The molecule has 0 atom stereocenters. The predicted molar refractivity (Wildman–Crippen MR) is 175 cm³/mol. The average molecular weight is 609 g/mol. The minimum Gasteiger partial charge on any atom is -0.494 e. The van der Waals surface area contributed by atoms with Crippen LogP contribution in [0.25, 0.3) is 27.7 Å². The third-order valence-corrected chi connectivity index (χ3v) is 7.98. The van der Waals surface area contributed by atoms with Gasteiger partial charge in [-0.3, -0.25) is 0 Å². The molecule has 2 aromatic heterocycles. The van der Waals surface area contributed by atoms with Gasteiger partial charge >= 0.3 is 12.1 Å². The number of benzene rings is 2. The van der Waals surface area contributed by atoms with Crippen LogP contribution in [0.15, 0.2) is 60.9 Å². The molecule has 3 amide bonds. The van der Waals surface area contributed by atoms with Gasteiger partial charge in [0.15, 0.2) is 0 Å². The highest BCUT2D eigenvalue weighted by atomic mass is 16.6. The van der Waals surface area contributed by atoms with E-state index < -0.39 is 11.7 Å². The highest BCUT2D eigenvalue weighted by Crippen LogP contribution is 2.35. The first-order valence-electron chi connectivity index (χ1n) is 15.6. The summed E-state index contributed by atoms with van der Waals surface area (Å²) in [5, 5.41) is 6.96. The molecule has 0 bridgehead atoms. The highest BCUT2D eigenvalue weighted by molar-refractivity contribution is 5.94. The number of aromatic amines is 1. The first-order valence-corrected chi connectivity index (χ1v) is 15.6. The van der Waals surface area contributed by atoms with Crippen molar-refractivity contribution < 1.29 is 19.1 Å². The molecule has 10 heteroatoms. The Kier molecular flexibility index (Phi) is 8.73. The molecule has 45 heavy (non-hydrogen) atoms. The van der Waals surface area contributed by atoms with Crippen LogP contribution in [-0.4, -0.2) is 63.8 Å². The molecule has 3 heterocycles. The average Bonchev–Trinajstić information content (AvgIpc) is 3.62. The van der Waals surface area contributed by atoms with Crippen LogP contribution in [0, 0.1) is 0 Å². The fourth-order valence-electron chi connectivity index (χ4n) is 5.89. The second kappa shape index (κ2) is 13.0. The van der Waals surface area contributed by atoms with Gasteiger partial charge in [0, 0.05) is 36.4 Å². The fourth-order valence-corrected chi connectivity index (χ4v) is 5.89. The van der Waals surface area contributed by atoms with Crippen LogP contribution in [0.2, 0.25) is 0 Å². The zero-order valence-corrected chi connectivity index (χ0v) is 26.1. The Hall–Kier alpha value is -4.86. The lowest BCUT2D eigenvalue weighted by molar-refractivity contribution is 0.0525. The van der Waals surface area contributed by atoms with E-state index in [0.717, 1.165) is 65.0 Å². The summed E-state index contributed by atoms with van der Waals surface area (Å²) in [4.78, 5) is 39.4. The largest absolute Gasteiger partial charge is 0.494 e. The van der Waals surface area contributed by atoms with Crippen LogP contribution >= 0.6 is 0 Å². The molecule has 2 aromatic carbocycles. The summed E-state index contributed by atoms with van der Waals surface area (Å²) in [7, 11) is 0. The number of aromatic nitrogens is 3. The lowest BCUT2D eigenvalue weighted by Crippen LogP contribution is -2.38. The third-order valence-electron chi connectivity index (χ3n) is 7.98. The van der Waals surface area contributed by atoms with Gasteiger partial charge in [0.2, 0.25) is 0 Å². The SMILES string of the molecule is CC(C)(C)OC(=O)NCCCOc1cccc(-c2cccc(NC(=O)N3CC=C(c4ncnc5[nH]c6c(c45)CCC6)CC3)c2)c1. The number of rotatable bonds is 8. The number of urea groups is 1. The molecule has 234 valence electrons. The summed E-state index contributed by atoms with van der Waals surface area (Å²) >= 11 is 0. The van der Waals surface area contributed by atoms with Crippen molar-refractivity contribution in [2.75, 3.05) is 31.6 Å². The first-order chi connectivity index (χ1) is 21.7. The van der Waals surface area contributed by atoms with Crippen LogP contribution in [-0.2, 0) is 17.6 Å². The van der Waals surface area contributed by atoms with Gasteiger partial charge in [-0.25, -0.2) is 19.6 Å². The van der Waals surface area contributed by atoms with E-state index in [0.29, 0.717) is 32.7 Å². The number of nitrogens with one attached hydrogen (secondary N) is 3. The molecule has 2 aliphatic rings. The summed E-state index contributed by atoms with van der Waals surface area (Å²) in [6, 6.07) is 15.5. The predicted octanol–water partition coefficient (Wildman–Crippen LogP) is 6.73. The van der Waals surface area contributed by atoms with E-state index in [1.807, 2.05) is 74.2 Å². The zero-order chi connectivity index (χ0) is 31.4. The van der Waals surface area contributed by atoms with Crippen molar-refractivity contribution in [1.29, 1.82) is 0 Å². The molecular formula is C35H40N6O4. The van der Waals surface area contributed by atoms with E-state index in [9.17, 15) is 9.59 Å². The maximum absolute atomic E-state index is 13.2. The molecule has 6 rings (SSSR count). The number of hydrogen-bond acceptors (Lipinski definition) is 6. The number of hydrogen-bond donors (Lipinski definition) is 3. The van der Waals surface area contributed by atoms with Gasteiger partial charge in [-0.1, -0.05) is 30.3 Å². The maximum atomic E-state index is 13.2. The molecule has 0 unspecified atom stereocenters. The smallest absolute Gasteiger partial charge is 0.407 e. The zero-order valence-electron chi connectivity index (χ0n) is 26.1. The topological polar surface area (TPSA) is 121 Å². The van der Waals surface area contributed by atoms with E-state index in [1.165, 1.54) is 16.8 Å². The summed E-state index contributed by atoms with van der Waals surface area (Å²) in [5.41, 5.74) is 7.87. The molecule has 4 aromatic rings. The molecule has 1 aliphatic carbocycles. The van der Waals surface area contributed by atoms with Gasteiger partial charge < -0.3 is 30.0 Å². The maximum Gasteiger partial charge on any atom is 0.407 e. The second-order valence-electron chi connectivity index (χ2n) is 12.5. The number of ether oxygens (including phenoxy) is 2. The standard InChI is InChI=1S/C35H40N6O4/c1-35(2,3)45-34(43)36-16-7-19-44-27-11-5-9-25(21-27)24-8-4-10-26(20-24)39-33(42)41-17-14-23(15-18-41)31-30-28-12-6-13-29(28)40-32(30)38-22-37-31/h4-5,8-11,14,20-22H,6-7,12-13,15-19H2,1-3H3,(H,36,43)(H,39,42)(H,37,38,40). The van der Waals surface area contributed by atoms with Gasteiger partial charge in [-0.15, -0.1) is 0 Å². The van der Waals surface area contributed by atoms with Crippen molar-refractivity contribution in [1.82, 2.24) is 25.2 Å². The van der Waals surface area contributed by atoms with Crippen molar-refractivity contribution in [3.05, 3.63) is 77.9 Å². The molecule has 0 spiro atoms. The van der Waals surface area contributed by atoms with Crippen molar-refractivity contribution in [3.8, 4) is 16.9 Å². The summed E-state index contributed by atoms with van der Waals surface area (Å²) in [6.45, 7) is 7.55. The Balaban J connectivity index is 1.03. The van der Waals surface area contributed by atoms with Gasteiger partial charge in [0.25, 0.3) is 0 Å². The number of fused-ring (bicyclic) bond motifs is 3. The van der Waals surface area contributed by atoms with Gasteiger partial charge in [0.1, 0.15) is 23.3 Å². The monoisotopic (exact) mass is 608 g/mol. The minimum atomic E-state index is -0.523. The number of H-pyrrole nitrogens is 1. The van der Waals surface area contributed by atoms with E-state index in [2.05, 4.69) is 31.7 Å². The summed E-state index contributed by atoms with van der Waals surface area (Å²) < 4.78 is 11.2. The Morgan fingerprint density at radius 1 is 1.02 bits per heavy atom. The van der Waals surface area contributed by atoms with E-state index in [1.54, 1.807) is 6.33 Å². The number of aryl methyl sites for hydroxylation is 2. The van der Waals surface area contributed by atoms with E-state index in [-0.39, 0.29) is 6.03 Å². The lowest BCUT2D eigenvalue weighted by Gasteiger charge is -2.27. The molecule has 0 saturated carbocycles. The van der Waals surface area contributed by atoms with Gasteiger partial charge in [-0.2, -0.15) is 0 Å².